The molecule has 0 aliphatic carbocycles. The van der Waals surface area contributed by atoms with Gasteiger partial charge in [-0.25, -0.2) is 8.42 Å². The summed E-state index contributed by atoms with van der Waals surface area (Å²) in [6.07, 6.45) is 0.573. The number of carbonyl (C=O) groups excluding carboxylic acids is 1. The predicted molar refractivity (Wildman–Crippen MR) is 98.2 cm³/mol. The minimum Gasteiger partial charge on any atom is -0.356 e. The fourth-order valence-corrected chi connectivity index (χ4v) is 3.26. The Morgan fingerprint density at radius 2 is 1.33 bits per heavy atom. The molecular formula is C17H21N3O3S. The first-order valence-corrected chi connectivity index (χ1v) is 9.28. The SMILES string of the molecule is CCCS(=O)(=O)Nc1ccc(Nc2ccc(NC(C)=O)cc2)cc1. The van der Waals surface area contributed by atoms with E-state index in [0.29, 0.717) is 12.1 Å². The summed E-state index contributed by atoms with van der Waals surface area (Å²) < 4.78 is 26.0. The Bertz CT molecular complexity index is 785. The zero-order chi connectivity index (χ0) is 17.6. The van der Waals surface area contributed by atoms with Gasteiger partial charge in [0.2, 0.25) is 15.9 Å². The fourth-order valence-electron chi connectivity index (χ4n) is 2.13. The van der Waals surface area contributed by atoms with Crippen LogP contribution in [0.2, 0.25) is 0 Å². The van der Waals surface area contributed by atoms with E-state index in [2.05, 4.69) is 15.4 Å². The molecule has 24 heavy (non-hydrogen) atoms. The van der Waals surface area contributed by atoms with Crippen molar-refractivity contribution in [1.29, 1.82) is 0 Å². The molecule has 128 valence electrons. The minimum atomic E-state index is -3.28. The van der Waals surface area contributed by atoms with E-state index in [1.165, 1.54) is 6.92 Å². The van der Waals surface area contributed by atoms with Crippen molar-refractivity contribution in [3.05, 3.63) is 48.5 Å². The topological polar surface area (TPSA) is 87.3 Å². The summed E-state index contributed by atoms with van der Waals surface area (Å²) in [4.78, 5) is 11.0. The maximum Gasteiger partial charge on any atom is 0.232 e. The third-order valence-corrected chi connectivity index (χ3v) is 4.62. The van der Waals surface area contributed by atoms with Crippen LogP contribution in [0.3, 0.4) is 0 Å². The van der Waals surface area contributed by atoms with Crippen molar-refractivity contribution in [2.75, 3.05) is 21.1 Å². The molecule has 0 spiro atoms. The van der Waals surface area contributed by atoms with Gasteiger partial charge in [0.05, 0.1) is 5.75 Å². The summed E-state index contributed by atoms with van der Waals surface area (Å²) >= 11 is 0. The van der Waals surface area contributed by atoms with Crippen molar-refractivity contribution < 1.29 is 13.2 Å². The van der Waals surface area contributed by atoms with Gasteiger partial charge in [0.25, 0.3) is 0 Å². The maximum atomic E-state index is 11.7. The fraction of sp³-hybridized carbons (Fsp3) is 0.235. The third kappa shape index (κ3) is 5.58. The highest BCUT2D eigenvalue weighted by Gasteiger charge is 2.08. The molecule has 0 heterocycles. The van der Waals surface area contributed by atoms with Gasteiger partial charge in [-0.3, -0.25) is 9.52 Å². The van der Waals surface area contributed by atoms with Crippen molar-refractivity contribution in [2.45, 2.75) is 20.3 Å². The largest absolute Gasteiger partial charge is 0.356 e. The first kappa shape index (κ1) is 17.8. The van der Waals surface area contributed by atoms with Crippen molar-refractivity contribution in [3.8, 4) is 0 Å². The summed E-state index contributed by atoms with van der Waals surface area (Å²) in [6, 6.07) is 14.3. The highest BCUT2D eigenvalue weighted by atomic mass is 32.2. The van der Waals surface area contributed by atoms with Gasteiger partial charge < -0.3 is 10.6 Å². The quantitative estimate of drug-likeness (QED) is 0.715. The first-order valence-electron chi connectivity index (χ1n) is 7.63. The van der Waals surface area contributed by atoms with Crippen LogP contribution in [0.25, 0.3) is 0 Å². The molecular weight excluding hydrogens is 326 g/mol. The number of amides is 1. The van der Waals surface area contributed by atoms with E-state index in [0.717, 1.165) is 17.1 Å². The highest BCUT2D eigenvalue weighted by molar-refractivity contribution is 7.92. The van der Waals surface area contributed by atoms with E-state index in [1.807, 2.05) is 19.1 Å². The van der Waals surface area contributed by atoms with Crippen LogP contribution >= 0.6 is 0 Å². The standard InChI is InChI=1S/C17H21N3O3S/c1-3-12-24(22,23)20-17-10-8-16(9-11-17)19-15-6-4-14(5-7-15)18-13(2)21/h4-11,19-20H,3,12H2,1-2H3,(H,18,21). The van der Waals surface area contributed by atoms with E-state index in [-0.39, 0.29) is 11.7 Å². The second-order valence-corrected chi connectivity index (χ2v) is 7.22. The van der Waals surface area contributed by atoms with Gasteiger partial charge in [-0.1, -0.05) is 6.92 Å². The molecule has 2 rings (SSSR count). The lowest BCUT2D eigenvalue weighted by molar-refractivity contribution is -0.114. The van der Waals surface area contributed by atoms with E-state index >= 15 is 0 Å². The number of benzene rings is 2. The van der Waals surface area contributed by atoms with Gasteiger partial charge in [-0.15, -0.1) is 0 Å². The van der Waals surface area contributed by atoms with Crippen LogP contribution in [0.4, 0.5) is 22.7 Å². The molecule has 0 radical (unpaired) electrons. The number of carbonyl (C=O) groups is 1. The molecule has 0 bridgehead atoms. The average molecular weight is 347 g/mol. The second kappa shape index (κ2) is 7.83. The Morgan fingerprint density at radius 3 is 1.79 bits per heavy atom. The molecule has 0 saturated heterocycles. The van der Waals surface area contributed by atoms with Crippen LogP contribution in [-0.4, -0.2) is 20.1 Å². The van der Waals surface area contributed by atoms with Crippen LogP contribution in [0.5, 0.6) is 0 Å². The van der Waals surface area contributed by atoms with Crippen molar-refractivity contribution in [2.24, 2.45) is 0 Å². The lowest BCUT2D eigenvalue weighted by Crippen LogP contribution is -2.15. The molecule has 0 aromatic heterocycles. The number of rotatable bonds is 7. The monoisotopic (exact) mass is 347 g/mol. The Labute approximate surface area is 142 Å². The molecule has 2 aromatic carbocycles. The number of hydrogen-bond acceptors (Lipinski definition) is 4. The molecule has 0 fully saturated rings. The van der Waals surface area contributed by atoms with E-state index in [1.54, 1.807) is 36.4 Å². The molecule has 1 amide bonds. The van der Waals surface area contributed by atoms with Gasteiger partial charge in [0.15, 0.2) is 0 Å². The molecule has 2 aromatic rings. The summed E-state index contributed by atoms with van der Waals surface area (Å²) in [5, 5.41) is 5.91. The molecule has 0 aliphatic heterocycles. The molecule has 0 aliphatic rings. The van der Waals surface area contributed by atoms with Gasteiger partial charge in [-0.2, -0.15) is 0 Å². The van der Waals surface area contributed by atoms with Gasteiger partial charge in [0.1, 0.15) is 0 Å². The van der Waals surface area contributed by atoms with Crippen LogP contribution in [0, 0.1) is 0 Å². The molecule has 7 heteroatoms. The van der Waals surface area contributed by atoms with Crippen molar-refractivity contribution in [1.82, 2.24) is 0 Å². The minimum absolute atomic E-state index is 0.105. The zero-order valence-electron chi connectivity index (χ0n) is 13.7. The summed E-state index contributed by atoms with van der Waals surface area (Å²) in [6.45, 7) is 3.28. The number of anilines is 4. The number of hydrogen-bond donors (Lipinski definition) is 3. The van der Waals surface area contributed by atoms with Crippen molar-refractivity contribution in [3.63, 3.8) is 0 Å². The second-order valence-electron chi connectivity index (χ2n) is 5.38. The molecule has 0 saturated carbocycles. The van der Waals surface area contributed by atoms with Crippen LogP contribution < -0.4 is 15.4 Å². The molecule has 0 unspecified atom stereocenters. The Hall–Kier alpha value is -2.54. The first-order chi connectivity index (χ1) is 11.4. The highest BCUT2D eigenvalue weighted by Crippen LogP contribution is 2.21. The Kier molecular flexibility index (Phi) is 5.81. The summed E-state index contributed by atoms with van der Waals surface area (Å²) in [7, 11) is -3.28. The molecule has 0 atom stereocenters. The number of nitrogens with one attached hydrogen (secondary N) is 3. The zero-order valence-corrected chi connectivity index (χ0v) is 14.5. The normalized spacial score (nSPS) is 10.9. The maximum absolute atomic E-state index is 11.7. The Morgan fingerprint density at radius 1 is 0.875 bits per heavy atom. The average Bonchev–Trinajstić information content (AvgIpc) is 2.50. The summed E-state index contributed by atoms with van der Waals surface area (Å²) in [5.74, 6) is -0.00924. The van der Waals surface area contributed by atoms with E-state index in [4.69, 9.17) is 0 Å². The van der Waals surface area contributed by atoms with Crippen LogP contribution in [0.1, 0.15) is 20.3 Å². The van der Waals surface area contributed by atoms with Gasteiger partial charge in [-0.05, 0) is 55.0 Å². The smallest absolute Gasteiger partial charge is 0.232 e. The van der Waals surface area contributed by atoms with E-state index < -0.39 is 10.0 Å². The molecule has 3 N–H and O–H groups in total. The number of sulfonamides is 1. The lowest BCUT2D eigenvalue weighted by atomic mass is 10.2. The third-order valence-electron chi connectivity index (χ3n) is 3.13. The summed E-state index contributed by atoms with van der Waals surface area (Å²) in [5.41, 5.74) is 2.97. The van der Waals surface area contributed by atoms with E-state index in [9.17, 15) is 13.2 Å². The van der Waals surface area contributed by atoms with Crippen LogP contribution in [-0.2, 0) is 14.8 Å². The Balaban J connectivity index is 2.00. The predicted octanol–water partition coefficient (Wildman–Crippen LogP) is 3.54. The lowest BCUT2D eigenvalue weighted by Gasteiger charge is -2.10. The van der Waals surface area contributed by atoms with Crippen LogP contribution in [0.15, 0.2) is 48.5 Å². The van der Waals surface area contributed by atoms with Gasteiger partial charge >= 0.3 is 0 Å². The van der Waals surface area contributed by atoms with Gasteiger partial charge in [0, 0.05) is 29.7 Å². The van der Waals surface area contributed by atoms with Crippen molar-refractivity contribution >= 4 is 38.7 Å². The molecule has 6 nitrogen and oxygen atoms in total.